The summed E-state index contributed by atoms with van der Waals surface area (Å²) in [5.74, 6) is 2.31. The third-order valence-corrected chi connectivity index (χ3v) is 5.03. The van der Waals surface area contributed by atoms with Crippen LogP contribution in [0.1, 0.15) is 38.4 Å². The number of carbonyl (C=O) groups is 1. The van der Waals surface area contributed by atoms with Crippen molar-refractivity contribution in [3.8, 4) is 5.75 Å². The Morgan fingerprint density at radius 2 is 2.08 bits per heavy atom. The summed E-state index contributed by atoms with van der Waals surface area (Å²) < 4.78 is 7.40. The van der Waals surface area contributed by atoms with Gasteiger partial charge in [-0.2, -0.15) is 0 Å². The van der Waals surface area contributed by atoms with Crippen molar-refractivity contribution in [1.82, 2.24) is 14.8 Å². The Kier molecular flexibility index (Phi) is 5.08. The van der Waals surface area contributed by atoms with Crippen LogP contribution in [-0.2, 0) is 11.8 Å². The molecule has 0 spiro atoms. The summed E-state index contributed by atoms with van der Waals surface area (Å²) in [6.07, 6.45) is 2.37. The van der Waals surface area contributed by atoms with Crippen LogP contribution in [0.5, 0.6) is 5.75 Å². The number of amides is 1. The monoisotopic (exact) mass is 346 g/mol. The number of ether oxygens (including phenoxy) is 1. The van der Waals surface area contributed by atoms with Gasteiger partial charge in [0.05, 0.1) is 11.9 Å². The van der Waals surface area contributed by atoms with Crippen molar-refractivity contribution in [2.24, 2.45) is 7.05 Å². The van der Waals surface area contributed by atoms with Gasteiger partial charge in [0.15, 0.2) is 5.16 Å². The van der Waals surface area contributed by atoms with Gasteiger partial charge in [-0.05, 0) is 51.0 Å². The molecule has 0 bridgehead atoms. The highest BCUT2D eigenvalue weighted by Gasteiger charge is 2.30. The van der Waals surface area contributed by atoms with Crippen molar-refractivity contribution < 1.29 is 9.53 Å². The number of nitrogens with one attached hydrogen (secondary N) is 1. The minimum atomic E-state index is -0.258. The molecule has 3 rings (SSSR count). The normalized spacial score (nSPS) is 15.1. The van der Waals surface area contributed by atoms with Gasteiger partial charge in [-0.3, -0.25) is 4.79 Å². The van der Waals surface area contributed by atoms with Crippen LogP contribution in [0, 0.1) is 0 Å². The predicted molar refractivity (Wildman–Crippen MR) is 94.5 cm³/mol. The van der Waals surface area contributed by atoms with Crippen LogP contribution in [0.15, 0.2) is 29.4 Å². The van der Waals surface area contributed by atoms with Crippen LogP contribution < -0.4 is 10.1 Å². The van der Waals surface area contributed by atoms with Crippen LogP contribution in [0.4, 0.5) is 5.69 Å². The van der Waals surface area contributed by atoms with E-state index in [9.17, 15) is 4.79 Å². The molecule has 7 heteroatoms. The van der Waals surface area contributed by atoms with E-state index in [4.69, 9.17) is 4.74 Å². The van der Waals surface area contributed by atoms with E-state index in [1.54, 1.807) is 0 Å². The Morgan fingerprint density at radius 1 is 1.38 bits per heavy atom. The van der Waals surface area contributed by atoms with Gasteiger partial charge in [-0.15, -0.1) is 10.2 Å². The molecule has 0 unspecified atom stereocenters. The lowest BCUT2D eigenvalue weighted by Crippen LogP contribution is -2.22. The largest absolute Gasteiger partial charge is 0.494 e. The first kappa shape index (κ1) is 16.8. The summed E-state index contributed by atoms with van der Waals surface area (Å²) in [6, 6.07) is 7.38. The minimum absolute atomic E-state index is 0.0554. The fourth-order valence-corrected chi connectivity index (χ4v) is 3.20. The van der Waals surface area contributed by atoms with Crippen LogP contribution in [-0.4, -0.2) is 32.5 Å². The molecular weight excluding hydrogens is 324 g/mol. The first-order valence-corrected chi connectivity index (χ1v) is 9.06. The Morgan fingerprint density at radius 3 is 2.71 bits per heavy atom. The Balaban J connectivity index is 1.58. The number of rotatable bonds is 7. The Hall–Kier alpha value is -2.02. The lowest BCUT2D eigenvalue weighted by molar-refractivity contribution is -0.115. The molecule has 0 radical (unpaired) electrons. The van der Waals surface area contributed by atoms with E-state index in [1.807, 2.05) is 49.7 Å². The van der Waals surface area contributed by atoms with Crippen LogP contribution in [0.3, 0.4) is 0 Å². The zero-order valence-electron chi connectivity index (χ0n) is 14.2. The molecule has 1 aliphatic carbocycles. The van der Waals surface area contributed by atoms with Crippen LogP contribution in [0.25, 0.3) is 0 Å². The van der Waals surface area contributed by atoms with Gasteiger partial charge < -0.3 is 14.6 Å². The van der Waals surface area contributed by atoms with E-state index >= 15 is 0 Å². The van der Waals surface area contributed by atoms with Crippen molar-refractivity contribution in [1.29, 1.82) is 0 Å². The molecule has 0 aliphatic heterocycles. The second-order valence-corrected chi connectivity index (χ2v) is 7.19. The lowest BCUT2D eigenvalue weighted by Gasteiger charge is -2.12. The fourth-order valence-electron chi connectivity index (χ4n) is 2.38. The van der Waals surface area contributed by atoms with Crippen molar-refractivity contribution in [3.63, 3.8) is 0 Å². The van der Waals surface area contributed by atoms with E-state index in [2.05, 4.69) is 15.5 Å². The third kappa shape index (κ3) is 3.90. The van der Waals surface area contributed by atoms with Crippen LogP contribution >= 0.6 is 11.8 Å². The molecule has 128 valence electrons. The summed E-state index contributed by atoms with van der Waals surface area (Å²) in [5.41, 5.74) is 0.757. The maximum Gasteiger partial charge on any atom is 0.237 e. The number of carbonyl (C=O) groups excluding carboxylic acids is 1. The highest BCUT2D eigenvalue weighted by molar-refractivity contribution is 8.00. The third-order valence-electron chi connectivity index (χ3n) is 3.90. The summed E-state index contributed by atoms with van der Waals surface area (Å²) in [5, 5.41) is 11.9. The SMILES string of the molecule is CCOc1ccc(NC(=O)[C@@H](C)Sc2nnc(C3CC3)n2C)cc1. The molecule has 1 aliphatic rings. The van der Waals surface area contributed by atoms with Crippen molar-refractivity contribution in [2.75, 3.05) is 11.9 Å². The molecule has 1 fully saturated rings. The van der Waals surface area contributed by atoms with Crippen LogP contribution in [0.2, 0.25) is 0 Å². The summed E-state index contributed by atoms with van der Waals surface area (Å²) in [6.45, 7) is 4.44. The van der Waals surface area contributed by atoms with Gasteiger partial charge in [0.25, 0.3) is 0 Å². The first-order chi connectivity index (χ1) is 11.6. The molecule has 1 aromatic heterocycles. The average Bonchev–Trinajstić information content (AvgIpc) is 3.35. The van der Waals surface area contributed by atoms with Gasteiger partial charge in [0, 0.05) is 18.7 Å². The molecule has 1 aromatic carbocycles. The van der Waals surface area contributed by atoms with Gasteiger partial charge in [-0.25, -0.2) is 0 Å². The smallest absolute Gasteiger partial charge is 0.237 e. The number of hydrogen-bond acceptors (Lipinski definition) is 5. The maximum absolute atomic E-state index is 12.4. The van der Waals surface area contributed by atoms with Gasteiger partial charge in [0.1, 0.15) is 11.6 Å². The van der Waals surface area contributed by atoms with E-state index in [0.29, 0.717) is 12.5 Å². The van der Waals surface area contributed by atoms with Crippen molar-refractivity contribution in [2.45, 2.75) is 43.0 Å². The minimum Gasteiger partial charge on any atom is -0.494 e. The van der Waals surface area contributed by atoms with E-state index in [-0.39, 0.29) is 11.2 Å². The highest BCUT2D eigenvalue weighted by Crippen LogP contribution is 2.39. The van der Waals surface area contributed by atoms with E-state index in [0.717, 1.165) is 22.4 Å². The fraction of sp³-hybridized carbons (Fsp3) is 0.471. The highest BCUT2D eigenvalue weighted by atomic mass is 32.2. The maximum atomic E-state index is 12.4. The molecule has 24 heavy (non-hydrogen) atoms. The second-order valence-electron chi connectivity index (χ2n) is 5.88. The zero-order chi connectivity index (χ0) is 17.1. The molecular formula is C17H22N4O2S. The first-order valence-electron chi connectivity index (χ1n) is 8.18. The Bertz CT molecular complexity index is 710. The molecule has 2 aromatic rings. The van der Waals surface area contributed by atoms with Gasteiger partial charge in [0.2, 0.25) is 5.91 Å². The van der Waals surface area contributed by atoms with Crippen molar-refractivity contribution >= 4 is 23.4 Å². The van der Waals surface area contributed by atoms with Gasteiger partial charge >= 0.3 is 0 Å². The average molecular weight is 346 g/mol. The summed E-state index contributed by atoms with van der Waals surface area (Å²) in [4.78, 5) is 12.4. The topological polar surface area (TPSA) is 69.0 Å². The lowest BCUT2D eigenvalue weighted by atomic mass is 10.3. The summed E-state index contributed by atoms with van der Waals surface area (Å²) >= 11 is 1.43. The van der Waals surface area contributed by atoms with Crippen molar-refractivity contribution in [3.05, 3.63) is 30.1 Å². The number of benzene rings is 1. The number of thioether (sulfide) groups is 1. The second kappa shape index (κ2) is 7.25. The molecule has 0 saturated heterocycles. The van der Waals surface area contributed by atoms with E-state index < -0.39 is 0 Å². The van der Waals surface area contributed by atoms with E-state index in [1.165, 1.54) is 24.6 Å². The number of nitrogens with zero attached hydrogens (tertiary/aromatic N) is 3. The van der Waals surface area contributed by atoms with Gasteiger partial charge in [-0.1, -0.05) is 11.8 Å². The standard InChI is InChI=1S/C17H22N4O2S/c1-4-23-14-9-7-13(8-10-14)18-16(22)11(2)24-17-20-19-15(21(17)3)12-5-6-12/h7-12H,4-6H2,1-3H3,(H,18,22)/t11-/m1/s1. The summed E-state index contributed by atoms with van der Waals surface area (Å²) in [7, 11) is 1.97. The molecule has 1 N–H and O–H groups in total. The predicted octanol–water partition coefficient (Wildman–Crippen LogP) is 3.21. The number of aromatic nitrogens is 3. The number of hydrogen-bond donors (Lipinski definition) is 1. The Labute approximate surface area is 146 Å². The molecule has 1 atom stereocenters. The number of anilines is 1. The quantitative estimate of drug-likeness (QED) is 0.780. The molecule has 6 nitrogen and oxygen atoms in total. The molecule has 1 amide bonds. The molecule has 1 heterocycles. The molecule has 1 saturated carbocycles. The zero-order valence-corrected chi connectivity index (χ0v) is 15.0.